The van der Waals surface area contributed by atoms with Crippen LogP contribution in [0.5, 0.6) is 0 Å². The predicted octanol–water partition coefficient (Wildman–Crippen LogP) is 0.231. The standard InChI is InChI=1S/C10H7NO4S2/c12-8(13)5-11-9(14)7(17-10(11)16)4-6-2-1-3-15-6/h1-4H,5H2,(H,12,13)/p-1/b7-4+. The molecule has 1 aromatic rings. The highest BCUT2D eigenvalue weighted by Gasteiger charge is 2.32. The van der Waals surface area contributed by atoms with Crippen molar-refractivity contribution in [3.8, 4) is 0 Å². The molecule has 0 radical (unpaired) electrons. The van der Waals surface area contributed by atoms with Gasteiger partial charge in [0.15, 0.2) is 0 Å². The molecule has 0 spiro atoms. The maximum atomic E-state index is 11.8. The van der Waals surface area contributed by atoms with Crippen LogP contribution in [0.3, 0.4) is 0 Å². The number of amides is 1. The van der Waals surface area contributed by atoms with Gasteiger partial charge in [-0.25, -0.2) is 0 Å². The third kappa shape index (κ3) is 2.56. The zero-order chi connectivity index (χ0) is 12.4. The van der Waals surface area contributed by atoms with Crippen molar-refractivity contribution >= 4 is 46.3 Å². The average Bonchev–Trinajstić information content (AvgIpc) is 2.83. The summed E-state index contributed by atoms with van der Waals surface area (Å²) >= 11 is 5.95. The topological polar surface area (TPSA) is 73.6 Å². The SMILES string of the molecule is O=C([O-])CN1C(=O)/C(=C\c2ccco2)SC1=S. The van der Waals surface area contributed by atoms with E-state index in [0.717, 1.165) is 16.7 Å². The van der Waals surface area contributed by atoms with Gasteiger partial charge < -0.3 is 14.3 Å². The summed E-state index contributed by atoms with van der Waals surface area (Å²) in [7, 11) is 0. The molecule has 0 aliphatic carbocycles. The Balaban J connectivity index is 2.21. The van der Waals surface area contributed by atoms with Crippen molar-refractivity contribution in [3.63, 3.8) is 0 Å². The zero-order valence-electron chi connectivity index (χ0n) is 8.41. The van der Waals surface area contributed by atoms with Gasteiger partial charge in [0, 0.05) is 6.08 Å². The van der Waals surface area contributed by atoms with Crippen LogP contribution in [0.4, 0.5) is 0 Å². The second-order valence-corrected chi connectivity index (χ2v) is 4.83. The number of thioether (sulfide) groups is 1. The van der Waals surface area contributed by atoms with Crippen LogP contribution in [-0.2, 0) is 9.59 Å². The Bertz CT molecular complexity index is 506. The van der Waals surface area contributed by atoms with Crippen molar-refractivity contribution in [2.24, 2.45) is 0 Å². The summed E-state index contributed by atoms with van der Waals surface area (Å²) in [6.07, 6.45) is 3.00. The van der Waals surface area contributed by atoms with E-state index < -0.39 is 18.4 Å². The van der Waals surface area contributed by atoms with E-state index >= 15 is 0 Å². The summed E-state index contributed by atoms with van der Waals surface area (Å²) in [6.45, 7) is -0.528. The number of thiocarbonyl (C=S) groups is 1. The van der Waals surface area contributed by atoms with Crippen LogP contribution in [0, 0.1) is 0 Å². The largest absolute Gasteiger partial charge is 0.548 e. The lowest BCUT2D eigenvalue weighted by Gasteiger charge is -2.14. The number of furan rings is 1. The number of aliphatic carboxylic acids is 1. The van der Waals surface area contributed by atoms with Crippen LogP contribution in [0.15, 0.2) is 27.7 Å². The molecule has 0 unspecified atom stereocenters. The summed E-state index contributed by atoms with van der Waals surface area (Å²) in [6, 6.07) is 3.37. The smallest absolute Gasteiger partial charge is 0.266 e. The molecule has 88 valence electrons. The van der Waals surface area contributed by atoms with Gasteiger partial charge in [0.25, 0.3) is 5.91 Å². The number of hydrogen-bond donors (Lipinski definition) is 0. The third-order valence-corrected chi connectivity index (χ3v) is 3.36. The van der Waals surface area contributed by atoms with Crippen LogP contribution in [-0.4, -0.2) is 27.6 Å². The molecular formula is C10H6NO4S2-. The van der Waals surface area contributed by atoms with Gasteiger partial charge in [-0.15, -0.1) is 0 Å². The second-order valence-electron chi connectivity index (χ2n) is 3.16. The quantitative estimate of drug-likeness (QED) is 0.577. The minimum Gasteiger partial charge on any atom is -0.548 e. The summed E-state index contributed by atoms with van der Waals surface area (Å²) < 4.78 is 5.27. The molecule has 1 saturated heterocycles. The fourth-order valence-corrected chi connectivity index (χ4v) is 2.50. The van der Waals surface area contributed by atoms with Gasteiger partial charge in [0.2, 0.25) is 0 Å². The Labute approximate surface area is 106 Å². The molecule has 1 fully saturated rings. The molecule has 0 aromatic carbocycles. The molecule has 1 aliphatic heterocycles. The summed E-state index contributed by atoms with van der Waals surface area (Å²) in [5.74, 6) is -1.28. The normalized spacial score (nSPS) is 18.1. The van der Waals surface area contributed by atoms with E-state index in [-0.39, 0.29) is 4.32 Å². The van der Waals surface area contributed by atoms with Crippen molar-refractivity contribution in [2.75, 3.05) is 6.54 Å². The second kappa shape index (κ2) is 4.72. The van der Waals surface area contributed by atoms with Crippen molar-refractivity contribution < 1.29 is 19.1 Å². The van der Waals surface area contributed by atoms with E-state index in [1.54, 1.807) is 12.1 Å². The van der Waals surface area contributed by atoms with Gasteiger partial charge in [-0.3, -0.25) is 9.69 Å². The van der Waals surface area contributed by atoms with E-state index in [1.165, 1.54) is 12.3 Å². The number of carbonyl (C=O) groups excluding carboxylic acids is 2. The summed E-state index contributed by atoms with van der Waals surface area (Å²) in [5.41, 5.74) is 0. The highest BCUT2D eigenvalue weighted by molar-refractivity contribution is 8.26. The summed E-state index contributed by atoms with van der Waals surface area (Å²) in [4.78, 5) is 23.6. The van der Waals surface area contributed by atoms with E-state index in [1.807, 2.05) is 0 Å². The Hall–Kier alpha value is -1.60. The number of nitrogens with zero attached hydrogens (tertiary/aromatic N) is 1. The predicted molar refractivity (Wildman–Crippen MR) is 63.6 cm³/mol. The van der Waals surface area contributed by atoms with Gasteiger partial charge in [-0.1, -0.05) is 24.0 Å². The molecule has 1 aromatic heterocycles. The molecule has 0 N–H and O–H groups in total. The van der Waals surface area contributed by atoms with E-state index in [2.05, 4.69) is 0 Å². The molecule has 2 heterocycles. The van der Waals surface area contributed by atoms with Gasteiger partial charge in [-0.2, -0.15) is 0 Å². The highest BCUT2D eigenvalue weighted by Crippen LogP contribution is 2.32. The summed E-state index contributed by atoms with van der Waals surface area (Å²) in [5, 5.41) is 10.5. The molecule has 1 amide bonds. The Morgan fingerprint density at radius 2 is 2.41 bits per heavy atom. The molecule has 0 saturated carbocycles. The lowest BCUT2D eigenvalue weighted by atomic mass is 10.3. The van der Waals surface area contributed by atoms with Crippen molar-refractivity contribution in [1.82, 2.24) is 4.90 Å². The van der Waals surface area contributed by atoms with Crippen LogP contribution < -0.4 is 5.11 Å². The van der Waals surface area contributed by atoms with Crippen molar-refractivity contribution in [2.45, 2.75) is 0 Å². The first-order chi connectivity index (χ1) is 8.08. The molecule has 2 rings (SSSR count). The Morgan fingerprint density at radius 1 is 1.65 bits per heavy atom. The molecule has 0 bridgehead atoms. The molecule has 7 heteroatoms. The number of carbonyl (C=O) groups is 2. The number of hydrogen-bond acceptors (Lipinski definition) is 6. The number of carboxylic acid groups (broad SMARTS) is 1. The van der Waals surface area contributed by atoms with E-state index in [9.17, 15) is 14.7 Å². The maximum absolute atomic E-state index is 11.8. The minimum atomic E-state index is -1.35. The van der Waals surface area contributed by atoms with Gasteiger partial charge >= 0.3 is 0 Å². The van der Waals surface area contributed by atoms with Crippen molar-refractivity contribution in [3.05, 3.63) is 29.1 Å². The maximum Gasteiger partial charge on any atom is 0.266 e. The first kappa shape index (κ1) is 11.9. The number of rotatable bonds is 3. The van der Waals surface area contributed by atoms with Crippen LogP contribution in [0.1, 0.15) is 5.76 Å². The molecule has 17 heavy (non-hydrogen) atoms. The highest BCUT2D eigenvalue weighted by atomic mass is 32.2. The fourth-order valence-electron chi connectivity index (χ4n) is 1.27. The minimum absolute atomic E-state index is 0.206. The van der Waals surface area contributed by atoms with Crippen LogP contribution in [0.2, 0.25) is 0 Å². The molecular weight excluding hydrogens is 262 g/mol. The lowest BCUT2D eigenvalue weighted by molar-refractivity contribution is -0.305. The fraction of sp³-hybridized carbons (Fsp3) is 0.100. The zero-order valence-corrected chi connectivity index (χ0v) is 10.0. The van der Waals surface area contributed by atoms with E-state index in [0.29, 0.717) is 10.7 Å². The van der Waals surface area contributed by atoms with Crippen LogP contribution >= 0.6 is 24.0 Å². The molecule has 0 atom stereocenters. The molecule has 5 nitrogen and oxygen atoms in total. The number of carboxylic acids is 1. The van der Waals surface area contributed by atoms with Gasteiger partial charge in [0.1, 0.15) is 10.1 Å². The van der Waals surface area contributed by atoms with E-state index in [4.69, 9.17) is 16.6 Å². The Kier molecular flexibility index (Phi) is 3.30. The first-order valence-electron chi connectivity index (χ1n) is 4.56. The lowest BCUT2D eigenvalue weighted by Crippen LogP contribution is -2.40. The monoisotopic (exact) mass is 268 g/mol. The van der Waals surface area contributed by atoms with Gasteiger partial charge in [-0.05, 0) is 12.1 Å². The Morgan fingerprint density at radius 3 is 3.00 bits per heavy atom. The first-order valence-corrected chi connectivity index (χ1v) is 5.79. The molecule has 1 aliphatic rings. The van der Waals surface area contributed by atoms with Crippen molar-refractivity contribution in [1.29, 1.82) is 0 Å². The third-order valence-electron chi connectivity index (χ3n) is 1.98. The average molecular weight is 268 g/mol. The van der Waals surface area contributed by atoms with Gasteiger partial charge in [0.05, 0.1) is 23.7 Å². The van der Waals surface area contributed by atoms with Crippen LogP contribution in [0.25, 0.3) is 6.08 Å².